The molecule has 1 aromatic carbocycles. The van der Waals surface area contributed by atoms with E-state index < -0.39 is 5.60 Å². The Labute approximate surface area is 140 Å². The Bertz CT molecular complexity index is 491. The summed E-state index contributed by atoms with van der Waals surface area (Å²) in [5, 5.41) is 3.77. The molecule has 4 nitrogen and oxygen atoms in total. The quantitative estimate of drug-likeness (QED) is 0.771. The minimum atomic E-state index is -0.692. The molecule has 0 unspecified atom stereocenters. The number of halogens is 1. The highest BCUT2D eigenvalue weighted by Gasteiger charge is 2.41. The molecule has 1 saturated carbocycles. The first-order chi connectivity index (χ1) is 10.6. The Kier molecular flexibility index (Phi) is 6.26. The zero-order chi connectivity index (χ0) is 16.0. The van der Waals surface area contributed by atoms with Gasteiger partial charge in [0.15, 0.2) is 0 Å². The van der Waals surface area contributed by atoms with Crippen LogP contribution in [0.1, 0.15) is 32.6 Å². The summed E-state index contributed by atoms with van der Waals surface area (Å²) in [5.41, 5.74) is 0.0776. The van der Waals surface area contributed by atoms with Gasteiger partial charge in [0.05, 0.1) is 6.61 Å². The molecule has 0 aliphatic heterocycles. The Hall–Kier alpha value is -1.07. The molecule has 1 amide bonds. The third-order valence-corrected chi connectivity index (χ3v) is 4.54. The summed E-state index contributed by atoms with van der Waals surface area (Å²) >= 11 is 3.32. The molecule has 0 spiro atoms. The number of anilines is 1. The van der Waals surface area contributed by atoms with E-state index in [2.05, 4.69) is 28.2 Å². The number of alkyl halides is 1. The van der Waals surface area contributed by atoms with E-state index in [9.17, 15) is 4.79 Å². The molecule has 122 valence electrons. The third-order valence-electron chi connectivity index (χ3n) is 4.22. The van der Waals surface area contributed by atoms with Crippen LogP contribution in [0, 0.1) is 5.92 Å². The Morgan fingerprint density at radius 3 is 2.73 bits per heavy atom. The molecule has 1 aliphatic carbocycles. The minimum absolute atomic E-state index is 0.0457. The second kappa shape index (κ2) is 7.97. The first-order valence-corrected chi connectivity index (χ1v) is 8.87. The number of hydrogen-bond donors (Lipinski definition) is 1. The van der Waals surface area contributed by atoms with E-state index in [0.29, 0.717) is 12.5 Å². The van der Waals surface area contributed by atoms with Crippen LogP contribution in [0.2, 0.25) is 0 Å². The molecule has 1 fully saturated rings. The van der Waals surface area contributed by atoms with Crippen molar-refractivity contribution in [1.29, 1.82) is 0 Å². The van der Waals surface area contributed by atoms with Crippen molar-refractivity contribution >= 4 is 27.5 Å². The molecule has 2 rings (SSSR count). The van der Waals surface area contributed by atoms with Crippen LogP contribution in [0.4, 0.5) is 5.69 Å². The standard InChI is InChI=1S/C17H24BrNO3/c1-13-4-3-9-17(12-13,21-2)16(20)19-14-5-7-15(8-6-14)22-11-10-18/h5-8,13H,3-4,9-12H2,1-2H3,(H,19,20)/t13-,17-/m1/s1. The lowest BCUT2D eigenvalue weighted by atomic mass is 9.78. The van der Waals surface area contributed by atoms with Gasteiger partial charge in [0, 0.05) is 18.1 Å². The number of carbonyl (C=O) groups is 1. The van der Waals surface area contributed by atoms with Crippen molar-refractivity contribution in [2.75, 3.05) is 24.4 Å². The summed E-state index contributed by atoms with van der Waals surface area (Å²) in [6.45, 7) is 2.80. The maximum atomic E-state index is 12.6. The molecule has 0 radical (unpaired) electrons. The number of amides is 1. The monoisotopic (exact) mass is 369 g/mol. The molecule has 2 atom stereocenters. The van der Waals surface area contributed by atoms with Gasteiger partial charge in [-0.1, -0.05) is 29.3 Å². The summed E-state index contributed by atoms with van der Waals surface area (Å²) in [6, 6.07) is 7.44. The molecule has 0 heterocycles. The van der Waals surface area contributed by atoms with Gasteiger partial charge in [-0.2, -0.15) is 0 Å². The highest BCUT2D eigenvalue weighted by molar-refractivity contribution is 9.09. The van der Waals surface area contributed by atoms with Gasteiger partial charge in [0.1, 0.15) is 11.4 Å². The molecule has 0 aromatic heterocycles. The van der Waals surface area contributed by atoms with Crippen molar-refractivity contribution < 1.29 is 14.3 Å². The lowest BCUT2D eigenvalue weighted by Crippen LogP contribution is -2.47. The Morgan fingerprint density at radius 2 is 2.14 bits per heavy atom. The van der Waals surface area contributed by atoms with Crippen molar-refractivity contribution in [2.24, 2.45) is 5.92 Å². The van der Waals surface area contributed by atoms with E-state index in [1.807, 2.05) is 24.3 Å². The van der Waals surface area contributed by atoms with E-state index >= 15 is 0 Å². The van der Waals surface area contributed by atoms with Crippen LogP contribution < -0.4 is 10.1 Å². The molecule has 5 heteroatoms. The number of hydrogen-bond acceptors (Lipinski definition) is 3. The third kappa shape index (κ3) is 4.23. The van der Waals surface area contributed by atoms with Crippen LogP contribution in [0.25, 0.3) is 0 Å². The highest BCUT2D eigenvalue weighted by atomic mass is 79.9. The van der Waals surface area contributed by atoms with Gasteiger partial charge in [-0.15, -0.1) is 0 Å². The summed E-state index contributed by atoms with van der Waals surface area (Å²) in [7, 11) is 1.63. The Morgan fingerprint density at radius 1 is 1.41 bits per heavy atom. The molecule has 1 aliphatic rings. The highest BCUT2D eigenvalue weighted by Crippen LogP contribution is 2.35. The van der Waals surface area contributed by atoms with Crippen LogP contribution in [-0.4, -0.2) is 30.6 Å². The minimum Gasteiger partial charge on any atom is -0.493 e. The normalized spacial score (nSPS) is 24.8. The van der Waals surface area contributed by atoms with Crippen molar-refractivity contribution in [2.45, 2.75) is 38.2 Å². The van der Waals surface area contributed by atoms with E-state index in [4.69, 9.17) is 9.47 Å². The molecular weight excluding hydrogens is 346 g/mol. The largest absolute Gasteiger partial charge is 0.493 e. The predicted octanol–water partition coefficient (Wildman–Crippen LogP) is 3.99. The lowest BCUT2D eigenvalue weighted by molar-refractivity contribution is -0.143. The van der Waals surface area contributed by atoms with Gasteiger partial charge in [0.25, 0.3) is 5.91 Å². The fraction of sp³-hybridized carbons (Fsp3) is 0.588. The summed E-state index contributed by atoms with van der Waals surface area (Å²) in [4.78, 5) is 12.6. The first-order valence-electron chi connectivity index (χ1n) is 7.75. The number of benzene rings is 1. The second-order valence-electron chi connectivity index (χ2n) is 5.92. The van der Waals surface area contributed by atoms with Gasteiger partial charge in [-0.3, -0.25) is 4.79 Å². The van der Waals surface area contributed by atoms with Crippen molar-refractivity contribution in [3.8, 4) is 5.75 Å². The van der Waals surface area contributed by atoms with Gasteiger partial charge >= 0.3 is 0 Å². The first kappa shape index (κ1) is 17.3. The number of methoxy groups -OCH3 is 1. The molecular formula is C17H24BrNO3. The summed E-state index contributed by atoms with van der Waals surface area (Å²) in [6.07, 6.45) is 3.76. The van der Waals surface area contributed by atoms with Gasteiger partial charge in [0.2, 0.25) is 0 Å². The van der Waals surface area contributed by atoms with Crippen molar-refractivity contribution in [1.82, 2.24) is 0 Å². The van der Waals surface area contributed by atoms with E-state index in [0.717, 1.165) is 42.5 Å². The topological polar surface area (TPSA) is 47.6 Å². The van der Waals surface area contributed by atoms with Crippen molar-refractivity contribution in [3.63, 3.8) is 0 Å². The fourth-order valence-electron chi connectivity index (χ4n) is 3.02. The zero-order valence-electron chi connectivity index (χ0n) is 13.2. The smallest absolute Gasteiger partial charge is 0.256 e. The second-order valence-corrected chi connectivity index (χ2v) is 6.71. The van der Waals surface area contributed by atoms with E-state index in [1.165, 1.54) is 0 Å². The maximum absolute atomic E-state index is 12.6. The van der Waals surface area contributed by atoms with E-state index in [-0.39, 0.29) is 5.91 Å². The molecule has 0 saturated heterocycles. The number of carbonyl (C=O) groups excluding carboxylic acids is 1. The van der Waals surface area contributed by atoms with Gasteiger partial charge in [-0.05, 0) is 49.4 Å². The molecule has 0 bridgehead atoms. The van der Waals surface area contributed by atoms with Crippen LogP contribution in [0.5, 0.6) is 5.75 Å². The van der Waals surface area contributed by atoms with Crippen LogP contribution in [0.3, 0.4) is 0 Å². The fourth-order valence-corrected chi connectivity index (χ4v) is 3.19. The average molecular weight is 370 g/mol. The maximum Gasteiger partial charge on any atom is 0.256 e. The lowest BCUT2D eigenvalue weighted by Gasteiger charge is -2.37. The van der Waals surface area contributed by atoms with Gasteiger partial charge in [-0.25, -0.2) is 0 Å². The van der Waals surface area contributed by atoms with Crippen LogP contribution in [-0.2, 0) is 9.53 Å². The number of nitrogens with one attached hydrogen (secondary N) is 1. The summed E-state index contributed by atoms with van der Waals surface area (Å²) in [5.74, 6) is 1.26. The number of rotatable bonds is 6. The zero-order valence-corrected chi connectivity index (χ0v) is 14.8. The number of ether oxygens (including phenoxy) is 2. The summed E-state index contributed by atoms with van der Waals surface area (Å²) < 4.78 is 11.1. The Balaban J connectivity index is 2.00. The van der Waals surface area contributed by atoms with E-state index in [1.54, 1.807) is 7.11 Å². The molecule has 1 N–H and O–H groups in total. The molecule has 1 aromatic rings. The predicted molar refractivity (Wildman–Crippen MR) is 91.7 cm³/mol. The van der Waals surface area contributed by atoms with Crippen LogP contribution in [0.15, 0.2) is 24.3 Å². The average Bonchev–Trinajstić information content (AvgIpc) is 2.54. The SMILES string of the molecule is CO[C@]1(C(=O)Nc2ccc(OCCBr)cc2)CCC[C@@H](C)C1. The van der Waals surface area contributed by atoms with Crippen molar-refractivity contribution in [3.05, 3.63) is 24.3 Å². The molecule has 22 heavy (non-hydrogen) atoms. The van der Waals surface area contributed by atoms with Gasteiger partial charge < -0.3 is 14.8 Å². The van der Waals surface area contributed by atoms with Crippen LogP contribution >= 0.6 is 15.9 Å².